The molecule has 1 saturated heterocycles. The van der Waals surface area contributed by atoms with Gasteiger partial charge < -0.3 is 15.2 Å². The molecule has 1 aliphatic heterocycles. The molecule has 0 amide bonds. The molecule has 0 aromatic heterocycles. The summed E-state index contributed by atoms with van der Waals surface area (Å²) in [5.74, 6) is 1.62. The van der Waals surface area contributed by atoms with Gasteiger partial charge in [0.2, 0.25) is 0 Å². The standard InChI is InChI=1S/C14H21NO2/c1-11(12-4-3-8-15-9-7-12)17-14-6-2-5-13(16)10-14/h2,5-6,10-12,15-16H,3-4,7-9H2,1H3. The minimum absolute atomic E-state index is 0.205. The van der Waals surface area contributed by atoms with Gasteiger partial charge in [0.05, 0.1) is 6.10 Å². The molecule has 0 radical (unpaired) electrons. The minimum atomic E-state index is 0.205. The van der Waals surface area contributed by atoms with Crippen LogP contribution in [0.5, 0.6) is 11.5 Å². The van der Waals surface area contributed by atoms with E-state index in [1.165, 1.54) is 19.3 Å². The molecule has 1 fully saturated rings. The molecular formula is C14H21NO2. The second-order valence-corrected chi connectivity index (χ2v) is 4.76. The second-order valence-electron chi connectivity index (χ2n) is 4.76. The predicted molar refractivity (Wildman–Crippen MR) is 68.4 cm³/mol. The van der Waals surface area contributed by atoms with Crippen molar-refractivity contribution in [1.82, 2.24) is 5.32 Å². The molecule has 2 N–H and O–H groups in total. The highest BCUT2D eigenvalue weighted by Crippen LogP contribution is 2.24. The Morgan fingerprint density at radius 3 is 3.06 bits per heavy atom. The molecule has 0 saturated carbocycles. The third kappa shape index (κ3) is 3.63. The summed E-state index contributed by atoms with van der Waals surface area (Å²) < 4.78 is 5.90. The molecule has 1 aliphatic rings. The minimum Gasteiger partial charge on any atom is -0.508 e. The lowest BCUT2D eigenvalue weighted by Gasteiger charge is -2.23. The first kappa shape index (κ1) is 12.2. The first-order valence-electron chi connectivity index (χ1n) is 6.42. The van der Waals surface area contributed by atoms with Crippen LogP contribution in [0.2, 0.25) is 0 Å². The van der Waals surface area contributed by atoms with Crippen LogP contribution in [-0.4, -0.2) is 24.3 Å². The number of hydrogen-bond donors (Lipinski definition) is 2. The van der Waals surface area contributed by atoms with Crippen molar-refractivity contribution in [3.05, 3.63) is 24.3 Å². The van der Waals surface area contributed by atoms with E-state index in [0.717, 1.165) is 18.8 Å². The number of rotatable bonds is 3. The van der Waals surface area contributed by atoms with Crippen LogP contribution in [0, 0.1) is 5.92 Å². The van der Waals surface area contributed by atoms with Gasteiger partial charge in [-0.2, -0.15) is 0 Å². The summed E-state index contributed by atoms with van der Waals surface area (Å²) in [6, 6.07) is 7.04. The van der Waals surface area contributed by atoms with Crippen LogP contribution in [0.4, 0.5) is 0 Å². The van der Waals surface area contributed by atoms with Gasteiger partial charge in [-0.25, -0.2) is 0 Å². The van der Waals surface area contributed by atoms with Crippen molar-refractivity contribution in [3.63, 3.8) is 0 Å². The number of phenolic OH excluding ortho intramolecular Hbond substituents is 1. The third-order valence-electron chi connectivity index (χ3n) is 3.42. The lowest BCUT2D eigenvalue weighted by molar-refractivity contribution is 0.142. The van der Waals surface area contributed by atoms with Crippen molar-refractivity contribution < 1.29 is 9.84 Å². The lowest BCUT2D eigenvalue weighted by atomic mass is 9.95. The van der Waals surface area contributed by atoms with Crippen LogP contribution in [0.3, 0.4) is 0 Å². The summed E-state index contributed by atoms with van der Waals surface area (Å²) in [5.41, 5.74) is 0. The van der Waals surface area contributed by atoms with E-state index in [-0.39, 0.29) is 11.9 Å². The monoisotopic (exact) mass is 235 g/mol. The van der Waals surface area contributed by atoms with Gasteiger partial charge in [0.15, 0.2) is 0 Å². The molecule has 3 heteroatoms. The summed E-state index contributed by atoms with van der Waals surface area (Å²) in [6.45, 7) is 4.33. The van der Waals surface area contributed by atoms with E-state index < -0.39 is 0 Å². The van der Waals surface area contributed by atoms with Crippen molar-refractivity contribution >= 4 is 0 Å². The highest BCUT2D eigenvalue weighted by atomic mass is 16.5. The molecular weight excluding hydrogens is 214 g/mol. The van der Waals surface area contributed by atoms with Gasteiger partial charge in [-0.15, -0.1) is 0 Å². The fourth-order valence-electron chi connectivity index (χ4n) is 2.38. The van der Waals surface area contributed by atoms with E-state index in [4.69, 9.17) is 4.74 Å². The van der Waals surface area contributed by atoms with Gasteiger partial charge in [0.1, 0.15) is 11.5 Å². The van der Waals surface area contributed by atoms with Crippen molar-refractivity contribution in [2.45, 2.75) is 32.3 Å². The maximum absolute atomic E-state index is 9.39. The Kier molecular flexibility index (Phi) is 4.26. The zero-order valence-electron chi connectivity index (χ0n) is 10.4. The molecule has 0 aliphatic carbocycles. The number of ether oxygens (including phenoxy) is 1. The van der Waals surface area contributed by atoms with Gasteiger partial charge >= 0.3 is 0 Å². The quantitative estimate of drug-likeness (QED) is 0.846. The van der Waals surface area contributed by atoms with Gasteiger partial charge in [0.25, 0.3) is 0 Å². The molecule has 2 unspecified atom stereocenters. The van der Waals surface area contributed by atoms with E-state index in [0.29, 0.717) is 5.92 Å². The van der Waals surface area contributed by atoms with Crippen molar-refractivity contribution in [2.75, 3.05) is 13.1 Å². The summed E-state index contributed by atoms with van der Waals surface area (Å²) in [6.07, 6.45) is 3.81. The number of benzene rings is 1. The zero-order chi connectivity index (χ0) is 12.1. The molecule has 1 aromatic carbocycles. The number of aromatic hydroxyl groups is 1. The molecule has 2 rings (SSSR count). The van der Waals surface area contributed by atoms with Crippen molar-refractivity contribution in [3.8, 4) is 11.5 Å². The maximum atomic E-state index is 9.39. The normalized spacial score (nSPS) is 22.8. The van der Waals surface area contributed by atoms with Crippen molar-refractivity contribution in [2.24, 2.45) is 5.92 Å². The van der Waals surface area contributed by atoms with Crippen LogP contribution in [0.15, 0.2) is 24.3 Å². The largest absolute Gasteiger partial charge is 0.508 e. The molecule has 0 bridgehead atoms. The number of phenols is 1. The Balaban J connectivity index is 1.93. The smallest absolute Gasteiger partial charge is 0.123 e. The van der Waals surface area contributed by atoms with Gasteiger partial charge in [-0.1, -0.05) is 6.07 Å². The Hall–Kier alpha value is -1.22. The van der Waals surface area contributed by atoms with E-state index in [1.54, 1.807) is 12.1 Å². The van der Waals surface area contributed by atoms with Gasteiger partial charge in [-0.3, -0.25) is 0 Å². The van der Waals surface area contributed by atoms with Gasteiger partial charge in [-0.05, 0) is 57.3 Å². The number of hydrogen-bond acceptors (Lipinski definition) is 3. The van der Waals surface area contributed by atoms with Crippen LogP contribution < -0.4 is 10.1 Å². The molecule has 94 valence electrons. The topological polar surface area (TPSA) is 41.5 Å². The summed E-state index contributed by atoms with van der Waals surface area (Å²) in [7, 11) is 0. The Morgan fingerprint density at radius 2 is 2.24 bits per heavy atom. The van der Waals surface area contributed by atoms with Crippen LogP contribution in [0.1, 0.15) is 26.2 Å². The molecule has 1 aromatic rings. The van der Waals surface area contributed by atoms with E-state index in [1.807, 2.05) is 12.1 Å². The fourth-order valence-corrected chi connectivity index (χ4v) is 2.38. The highest BCUT2D eigenvalue weighted by molar-refractivity contribution is 5.31. The summed E-state index contributed by atoms with van der Waals surface area (Å²) >= 11 is 0. The van der Waals surface area contributed by atoms with Crippen LogP contribution in [0.25, 0.3) is 0 Å². The SMILES string of the molecule is CC(Oc1cccc(O)c1)C1CCCNCC1. The maximum Gasteiger partial charge on any atom is 0.123 e. The van der Waals surface area contributed by atoms with Crippen molar-refractivity contribution in [1.29, 1.82) is 0 Å². The van der Waals surface area contributed by atoms with E-state index in [2.05, 4.69) is 12.2 Å². The lowest BCUT2D eigenvalue weighted by Crippen LogP contribution is -2.24. The van der Waals surface area contributed by atoms with E-state index >= 15 is 0 Å². The summed E-state index contributed by atoms with van der Waals surface area (Å²) in [5, 5.41) is 12.8. The Bertz CT molecular complexity index is 346. The van der Waals surface area contributed by atoms with Crippen LogP contribution in [-0.2, 0) is 0 Å². The molecule has 3 nitrogen and oxygen atoms in total. The Morgan fingerprint density at radius 1 is 1.35 bits per heavy atom. The van der Waals surface area contributed by atoms with Crippen LogP contribution >= 0.6 is 0 Å². The molecule has 1 heterocycles. The first-order chi connectivity index (χ1) is 8.25. The fraction of sp³-hybridized carbons (Fsp3) is 0.571. The zero-order valence-corrected chi connectivity index (χ0v) is 10.4. The molecule has 17 heavy (non-hydrogen) atoms. The van der Waals surface area contributed by atoms with E-state index in [9.17, 15) is 5.11 Å². The first-order valence-corrected chi connectivity index (χ1v) is 6.42. The second kappa shape index (κ2) is 5.92. The average molecular weight is 235 g/mol. The third-order valence-corrected chi connectivity index (χ3v) is 3.42. The molecule has 2 atom stereocenters. The van der Waals surface area contributed by atoms with Gasteiger partial charge in [0, 0.05) is 6.07 Å². The Labute approximate surface area is 103 Å². The summed E-state index contributed by atoms with van der Waals surface area (Å²) in [4.78, 5) is 0. The highest BCUT2D eigenvalue weighted by Gasteiger charge is 2.20. The molecule has 0 spiro atoms. The average Bonchev–Trinajstić information content (AvgIpc) is 2.57. The predicted octanol–water partition coefficient (Wildman–Crippen LogP) is 2.55. The number of nitrogens with one attached hydrogen (secondary N) is 1.